The number of aromatic nitrogens is 3. The number of rotatable bonds is 8. The fourth-order valence-corrected chi connectivity index (χ4v) is 2.78. The lowest BCUT2D eigenvalue weighted by Gasteiger charge is -2.07. The molecule has 0 atom stereocenters. The van der Waals surface area contributed by atoms with Crippen molar-refractivity contribution in [2.45, 2.75) is 25.0 Å². The molecule has 3 N–H and O–H groups in total. The third kappa shape index (κ3) is 5.41. The predicted molar refractivity (Wildman–Crippen MR) is 91.9 cm³/mol. The lowest BCUT2D eigenvalue weighted by atomic mass is 10.3. The molecule has 11 heteroatoms. The van der Waals surface area contributed by atoms with Crippen molar-refractivity contribution in [3.8, 4) is 0 Å². The minimum atomic E-state index is -1.08. The van der Waals surface area contributed by atoms with E-state index in [0.29, 0.717) is 11.7 Å². The fraction of sp³-hybridized carbons (Fsp3) is 0.333. The van der Waals surface area contributed by atoms with Crippen LogP contribution in [-0.4, -0.2) is 38.9 Å². The molecular formula is C15H17F2N5O3S. The normalized spacial score (nSPS) is 10.6. The highest BCUT2D eigenvalue weighted by Crippen LogP contribution is 2.13. The van der Waals surface area contributed by atoms with Gasteiger partial charge in [-0.25, -0.2) is 18.7 Å². The molecule has 0 saturated carbocycles. The minimum Gasteiger partial charge on any atom is -0.346 e. The topological polar surface area (TPSA) is 109 Å². The van der Waals surface area contributed by atoms with Crippen LogP contribution in [0.1, 0.15) is 13.3 Å². The van der Waals surface area contributed by atoms with Crippen molar-refractivity contribution in [3.63, 3.8) is 0 Å². The number of carbonyl (C=O) groups is 2. The summed E-state index contributed by atoms with van der Waals surface area (Å²) in [5, 5.41) is 11.3. The molecule has 140 valence electrons. The van der Waals surface area contributed by atoms with Crippen LogP contribution in [0.4, 0.5) is 14.5 Å². The van der Waals surface area contributed by atoms with Crippen molar-refractivity contribution in [1.29, 1.82) is 0 Å². The lowest BCUT2D eigenvalue weighted by Crippen LogP contribution is -2.34. The zero-order chi connectivity index (χ0) is 19.1. The maximum Gasteiger partial charge on any atom is 0.343 e. The van der Waals surface area contributed by atoms with E-state index < -0.39 is 23.4 Å². The van der Waals surface area contributed by atoms with E-state index in [9.17, 15) is 23.2 Å². The molecule has 0 unspecified atom stereocenters. The number of nitrogens with zero attached hydrogens (tertiary/aromatic N) is 2. The Morgan fingerprint density at radius 2 is 2.04 bits per heavy atom. The molecule has 26 heavy (non-hydrogen) atoms. The number of hydrogen-bond acceptors (Lipinski definition) is 5. The van der Waals surface area contributed by atoms with E-state index in [-0.39, 0.29) is 23.7 Å². The van der Waals surface area contributed by atoms with Crippen molar-refractivity contribution in [3.05, 3.63) is 40.3 Å². The molecule has 0 aliphatic carbocycles. The number of hydrogen-bond donors (Lipinski definition) is 3. The van der Waals surface area contributed by atoms with Gasteiger partial charge in [-0.1, -0.05) is 18.7 Å². The molecule has 1 aromatic heterocycles. The molecule has 0 spiro atoms. The van der Waals surface area contributed by atoms with Crippen molar-refractivity contribution in [2.75, 3.05) is 17.6 Å². The van der Waals surface area contributed by atoms with Crippen LogP contribution >= 0.6 is 11.8 Å². The number of anilines is 1. The highest BCUT2D eigenvalue weighted by molar-refractivity contribution is 7.99. The monoisotopic (exact) mass is 385 g/mol. The molecule has 0 aliphatic heterocycles. The Balaban J connectivity index is 1.78. The summed E-state index contributed by atoms with van der Waals surface area (Å²) in [4.78, 5) is 35.1. The second kappa shape index (κ2) is 9.13. The van der Waals surface area contributed by atoms with E-state index >= 15 is 0 Å². The molecule has 2 amide bonds. The van der Waals surface area contributed by atoms with Crippen molar-refractivity contribution < 1.29 is 18.4 Å². The summed E-state index contributed by atoms with van der Waals surface area (Å²) in [5.41, 5.74) is -0.265. The first kappa shape index (κ1) is 19.6. The van der Waals surface area contributed by atoms with Crippen molar-refractivity contribution >= 4 is 29.3 Å². The minimum absolute atomic E-state index is 0.0353. The van der Waals surface area contributed by atoms with E-state index in [1.165, 1.54) is 10.6 Å². The van der Waals surface area contributed by atoms with Crippen LogP contribution in [0.2, 0.25) is 0 Å². The zero-order valence-electron chi connectivity index (χ0n) is 13.8. The molecule has 1 aromatic carbocycles. The molecule has 1 heterocycles. The van der Waals surface area contributed by atoms with E-state index in [1.807, 2.05) is 6.92 Å². The smallest absolute Gasteiger partial charge is 0.343 e. The van der Waals surface area contributed by atoms with Gasteiger partial charge in [0.25, 0.3) is 0 Å². The maximum atomic E-state index is 13.1. The molecule has 8 nitrogen and oxygen atoms in total. The van der Waals surface area contributed by atoms with Gasteiger partial charge in [-0.2, -0.15) is 0 Å². The largest absolute Gasteiger partial charge is 0.346 e. The summed E-state index contributed by atoms with van der Waals surface area (Å²) in [6, 6.07) is 2.94. The SMILES string of the molecule is CCCn1c(SCC(=O)NCC(=O)Nc2ccc(F)c(F)c2)n[nH]c1=O. The zero-order valence-corrected chi connectivity index (χ0v) is 14.7. The first-order chi connectivity index (χ1) is 12.4. The Morgan fingerprint density at radius 3 is 2.73 bits per heavy atom. The van der Waals surface area contributed by atoms with Gasteiger partial charge in [-0.05, 0) is 18.6 Å². The highest BCUT2D eigenvalue weighted by atomic mass is 32.2. The second-order valence-corrected chi connectivity index (χ2v) is 6.15. The van der Waals surface area contributed by atoms with Gasteiger partial charge in [0.05, 0.1) is 12.3 Å². The maximum absolute atomic E-state index is 13.1. The Hall–Kier alpha value is -2.69. The Kier molecular flexibility index (Phi) is 6.89. The number of H-pyrrole nitrogens is 1. The van der Waals surface area contributed by atoms with Crippen LogP contribution in [0, 0.1) is 11.6 Å². The second-order valence-electron chi connectivity index (χ2n) is 5.21. The number of halogens is 2. The van der Waals surface area contributed by atoms with Crippen LogP contribution in [-0.2, 0) is 16.1 Å². The van der Waals surface area contributed by atoms with Gasteiger partial charge in [-0.3, -0.25) is 14.2 Å². The summed E-state index contributed by atoms with van der Waals surface area (Å²) in [6.45, 7) is 2.06. The molecule has 0 fully saturated rings. The summed E-state index contributed by atoms with van der Waals surface area (Å²) >= 11 is 1.06. The third-order valence-electron chi connectivity index (χ3n) is 3.15. The summed E-state index contributed by atoms with van der Waals surface area (Å²) < 4.78 is 27.3. The number of amides is 2. The van der Waals surface area contributed by atoms with Gasteiger partial charge in [0.2, 0.25) is 11.8 Å². The molecule has 0 bridgehead atoms. The number of thioether (sulfide) groups is 1. The first-order valence-electron chi connectivity index (χ1n) is 7.70. The number of aromatic amines is 1. The van der Waals surface area contributed by atoms with Crippen LogP contribution in [0.15, 0.2) is 28.2 Å². The van der Waals surface area contributed by atoms with E-state index in [0.717, 1.165) is 30.3 Å². The quantitative estimate of drug-likeness (QED) is 0.590. The summed E-state index contributed by atoms with van der Waals surface area (Å²) in [5.74, 6) is -3.16. The lowest BCUT2D eigenvalue weighted by molar-refractivity contribution is -0.122. The average molecular weight is 385 g/mol. The molecule has 2 rings (SSSR count). The van der Waals surface area contributed by atoms with Gasteiger partial charge >= 0.3 is 5.69 Å². The van der Waals surface area contributed by atoms with Gasteiger partial charge in [-0.15, -0.1) is 5.10 Å². The van der Waals surface area contributed by atoms with Crippen LogP contribution in [0.5, 0.6) is 0 Å². The van der Waals surface area contributed by atoms with Crippen LogP contribution in [0.25, 0.3) is 0 Å². The third-order valence-corrected chi connectivity index (χ3v) is 4.13. The summed E-state index contributed by atoms with van der Waals surface area (Å²) in [7, 11) is 0. The van der Waals surface area contributed by atoms with Crippen LogP contribution < -0.4 is 16.3 Å². The molecule has 0 aliphatic rings. The standard InChI is InChI=1S/C15H17F2N5O3S/c1-2-5-22-14(25)20-21-15(22)26-8-13(24)18-7-12(23)19-9-3-4-10(16)11(17)6-9/h3-4,6H,2,5,7-8H2,1H3,(H,18,24)(H,19,23)(H,20,25). The van der Waals surface area contributed by atoms with Crippen molar-refractivity contribution in [1.82, 2.24) is 20.1 Å². The van der Waals surface area contributed by atoms with E-state index in [4.69, 9.17) is 0 Å². The fourth-order valence-electron chi connectivity index (χ4n) is 1.97. The number of benzene rings is 1. The highest BCUT2D eigenvalue weighted by Gasteiger charge is 2.12. The van der Waals surface area contributed by atoms with Crippen molar-refractivity contribution in [2.24, 2.45) is 0 Å². The van der Waals surface area contributed by atoms with Crippen LogP contribution in [0.3, 0.4) is 0 Å². The van der Waals surface area contributed by atoms with Gasteiger partial charge in [0, 0.05) is 18.3 Å². The van der Waals surface area contributed by atoms with Gasteiger partial charge in [0.15, 0.2) is 16.8 Å². The van der Waals surface area contributed by atoms with E-state index in [1.54, 1.807) is 0 Å². The first-order valence-corrected chi connectivity index (χ1v) is 8.69. The van der Waals surface area contributed by atoms with Gasteiger partial charge in [0.1, 0.15) is 0 Å². The molecular weight excluding hydrogens is 368 g/mol. The van der Waals surface area contributed by atoms with Gasteiger partial charge < -0.3 is 10.6 Å². The predicted octanol–water partition coefficient (Wildman–Crippen LogP) is 1.11. The summed E-state index contributed by atoms with van der Waals surface area (Å²) in [6.07, 6.45) is 0.739. The average Bonchev–Trinajstić information content (AvgIpc) is 2.95. The number of carbonyl (C=O) groups excluding carboxylic acids is 2. The number of nitrogens with one attached hydrogen (secondary N) is 3. The van der Waals surface area contributed by atoms with E-state index in [2.05, 4.69) is 20.8 Å². The molecule has 2 aromatic rings. The Morgan fingerprint density at radius 1 is 1.27 bits per heavy atom. The molecule has 0 saturated heterocycles. The molecule has 0 radical (unpaired) electrons. The Bertz CT molecular complexity index is 852. The Labute approximate surface area is 151 Å².